The van der Waals surface area contributed by atoms with E-state index in [4.69, 9.17) is 0 Å². The largest absolute Gasteiger partial charge is 0.369 e. The molecule has 0 aliphatic heterocycles. The molecular formula is C13H16N4. The molecule has 0 bridgehead atoms. The first-order valence-corrected chi connectivity index (χ1v) is 5.82. The maximum atomic E-state index is 4.51. The van der Waals surface area contributed by atoms with Crippen molar-refractivity contribution in [3.63, 3.8) is 0 Å². The average Bonchev–Trinajstić information content (AvgIpc) is 2.38. The number of anilines is 1. The Labute approximate surface area is 101 Å². The van der Waals surface area contributed by atoms with E-state index in [-0.39, 0.29) is 0 Å². The van der Waals surface area contributed by atoms with Crippen molar-refractivity contribution in [1.82, 2.24) is 15.0 Å². The van der Waals surface area contributed by atoms with Gasteiger partial charge in [0, 0.05) is 31.6 Å². The number of rotatable bonds is 5. The Bertz CT molecular complexity index is 456. The monoisotopic (exact) mass is 228 g/mol. The standard InChI is InChI=1S/C13H16N4/c1-2-5-16-13-10-15-9-12(17-13)8-11-3-6-14-7-4-11/h3-4,6-7,9-10H,2,5,8H2,1H3,(H,16,17). The maximum absolute atomic E-state index is 4.51. The zero-order chi connectivity index (χ0) is 11.9. The number of nitrogens with zero attached hydrogens (tertiary/aromatic N) is 3. The van der Waals surface area contributed by atoms with Crippen molar-refractivity contribution in [2.45, 2.75) is 19.8 Å². The Morgan fingerprint density at radius 3 is 2.71 bits per heavy atom. The van der Waals surface area contributed by atoms with Gasteiger partial charge < -0.3 is 5.32 Å². The van der Waals surface area contributed by atoms with Crippen LogP contribution in [0, 0.1) is 0 Å². The van der Waals surface area contributed by atoms with Gasteiger partial charge in [-0.15, -0.1) is 0 Å². The summed E-state index contributed by atoms with van der Waals surface area (Å²) in [5.74, 6) is 0.846. The summed E-state index contributed by atoms with van der Waals surface area (Å²) in [4.78, 5) is 12.7. The molecule has 1 N–H and O–H groups in total. The van der Waals surface area contributed by atoms with Crippen LogP contribution in [0.25, 0.3) is 0 Å². The highest BCUT2D eigenvalue weighted by Crippen LogP contribution is 2.08. The van der Waals surface area contributed by atoms with E-state index in [0.717, 1.165) is 30.9 Å². The topological polar surface area (TPSA) is 50.7 Å². The molecule has 0 aliphatic carbocycles. The van der Waals surface area contributed by atoms with Crippen molar-refractivity contribution in [3.05, 3.63) is 48.2 Å². The van der Waals surface area contributed by atoms with Gasteiger partial charge in [0.25, 0.3) is 0 Å². The molecule has 0 saturated carbocycles. The van der Waals surface area contributed by atoms with E-state index in [9.17, 15) is 0 Å². The van der Waals surface area contributed by atoms with Gasteiger partial charge in [0.1, 0.15) is 5.82 Å². The number of hydrogen-bond donors (Lipinski definition) is 1. The molecule has 0 radical (unpaired) electrons. The quantitative estimate of drug-likeness (QED) is 0.853. The van der Waals surface area contributed by atoms with Crippen molar-refractivity contribution in [2.75, 3.05) is 11.9 Å². The first kappa shape index (κ1) is 11.5. The molecule has 2 aromatic heterocycles. The lowest BCUT2D eigenvalue weighted by atomic mass is 10.1. The van der Waals surface area contributed by atoms with Crippen molar-refractivity contribution < 1.29 is 0 Å². The molecule has 0 aliphatic rings. The van der Waals surface area contributed by atoms with E-state index < -0.39 is 0 Å². The summed E-state index contributed by atoms with van der Waals surface area (Å²) in [7, 11) is 0. The second-order valence-electron chi connectivity index (χ2n) is 3.85. The van der Waals surface area contributed by atoms with Gasteiger partial charge in [0.15, 0.2) is 0 Å². The third-order valence-corrected chi connectivity index (χ3v) is 2.38. The van der Waals surface area contributed by atoms with E-state index in [0.29, 0.717) is 0 Å². The molecule has 17 heavy (non-hydrogen) atoms. The van der Waals surface area contributed by atoms with Crippen LogP contribution in [0.5, 0.6) is 0 Å². The first-order valence-electron chi connectivity index (χ1n) is 5.82. The third-order valence-electron chi connectivity index (χ3n) is 2.38. The molecule has 2 rings (SSSR count). The smallest absolute Gasteiger partial charge is 0.144 e. The lowest BCUT2D eigenvalue weighted by Gasteiger charge is -2.05. The minimum absolute atomic E-state index is 0.789. The van der Waals surface area contributed by atoms with E-state index in [1.807, 2.05) is 12.1 Å². The van der Waals surface area contributed by atoms with Crippen molar-refractivity contribution >= 4 is 5.82 Å². The maximum Gasteiger partial charge on any atom is 0.144 e. The number of aromatic nitrogens is 3. The molecular weight excluding hydrogens is 212 g/mol. The fraction of sp³-hybridized carbons (Fsp3) is 0.308. The molecule has 4 heteroatoms. The molecule has 0 spiro atoms. The molecule has 4 nitrogen and oxygen atoms in total. The van der Waals surface area contributed by atoms with Gasteiger partial charge in [-0.2, -0.15) is 0 Å². The Morgan fingerprint density at radius 1 is 1.12 bits per heavy atom. The molecule has 2 aromatic rings. The van der Waals surface area contributed by atoms with Crippen molar-refractivity contribution in [2.24, 2.45) is 0 Å². The third kappa shape index (κ3) is 3.52. The summed E-state index contributed by atoms with van der Waals surface area (Å²) < 4.78 is 0. The van der Waals surface area contributed by atoms with Gasteiger partial charge in [0.2, 0.25) is 0 Å². The predicted molar refractivity (Wildman–Crippen MR) is 67.9 cm³/mol. The van der Waals surface area contributed by atoms with Gasteiger partial charge in [0.05, 0.1) is 11.9 Å². The van der Waals surface area contributed by atoms with Crippen LogP contribution in [-0.2, 0) is 6.42 Å². The molecule has 0 fully saturated rings. The molecule has 0 aromatic carbocycles. The van der Waals surface area contributed by atoms with E-state index >= 15 is 0 Å². The van der Waals surface area contributed by atoms with Gasteiger partial charge >= 0.3 is 0 Å². The second-order valence-corrected chi connectivity index (χ2v) is 3.85. The SMILES string of the molecule is CCCNc1cncc(Cc2ccncc2)n1. The van der Waals surface area contributed by atoms with Gasteiger partial charge in [-0.25, -0.2) is 4.98 Å². The second kappa shape index (κ2) is 5.94. The highest BCUT2D eigenvalue weighted by atomic mass is 15.0. The summed E-state index contributed by atoms with van der Waals surface area (Å²) in [6.45, 7) is 3.05. The summed E-state index contributed by atoms with van der Waals surface area (Å²) >= 11 is 0. The van der Waals surface area contributed by atoms with Crippen LogP contribution in [0.4, 0.5) is 5.82 Å². The average molecular weight is 228 g/mol. The minimum Gasteiger partial charge on any atom is -0.369 e. The van der Waals surface area contributed by atoms with Gasteiger partial charge in [-0.1, -0.05) is 6.92 Å². The Morgan fingerprint density at radius 2 is 1.94 bits per heavy atom. The van der Waals surface area contributed by atoms with Crippen LogP contribution in [-0.4, -0.2) is 21.5 Å². The fourth-order valence-electron chi connectivity index (χ4n) is 1.54. The molecule has 2 heterocycles. The zero-order valence-corrected chi connectivity index (χ0v) is 9.93. The Hall–Kier alpha value is -1.97. The highest BCUT2D eigenvalue weighted by molar-refractivity contribution is 5.32. The summed E-state index contributed by atoms with van der Waals surface area (Å²) in [5.41, 5.74) is 2.17. The fourth-order valence-corrected chi connectivity index (χ4v) is 1.54. The van der Waals surface area contributed by atoms with Crippen molar-refractivity contribution in [3.8, 4) is 0 Å². The van der Waals surface area contributed by atoms with Crippen LogP contribution in [0.3, 0.4) is 0 Å². The van der Waals surface area contributed by atoms with Crippen LogP contribution < -0.4 is 5.32 Å². The molecule has 0 unspecified atom stereocenters. The van der Waals surface area contributed by atoms with Gasteiger partial charge in [-0.3, -0.25) is 9.97 Å². The van der Waals surface area contributed by atoms with E-state index in [1.54, 1.807) is 24.8 Å². The summed E-state index contributed by atoms with van der Waals surface area (Å²) in [6, 6.07) is 3.99. The number of pyridine rings is 1. The van der Waals surface area contributed by atoms with Crippen molar-refractivity contribution in [1.29, 1.82) is 0 Å². The number of nitrogens with one attached hydrogen (secondary N) is 1. The molecule has 0 atom stereocenters. The first-order chi connectivity index (χ1) is 8.38. The predicted octanol–water partition coefficient (Wildman–Crippen LogP) is 2.28. The molecule has 0 amide bonds. The highest BCUT2D eigenvalue weighted by Gasteiger charge is 2.00. The van der Waals surface area contributed by atoms with Crippen LogP contribution in [0.2, 0.25) is 0 Å². The molecule has 0 saturated heterocycles. The van der Waals surface area contributed by atoms with Crippen LogP contribution in [0.1, 0.15) is 24.6 Å². The zero-order valence-electron chi connectivity index (χ0n) is 9.93. The minimum atomic E-state index is 0.789. The Balaban J connectivity index is 2.06. The van der Waals surface area contributed by atoms with Crippen LogP contribution in [0.15, 0.2) is 36.9 Å². The summed E-state index contributed by atoms with van der Waals surface area (Å²) in [5, 5.41) is 3.23. The lowest BCUT2D eigenvalue weighted by Crippen LogP contribution is -2.04. The van der Waals surface area contributed by atoms with Gasteiger partial charge in [-0.05, 0) is 24.1 Å². The van der Waals surface area contributed by atoms with Crippen LogP contribution >= 0.6 is 0 Å². The lowest BCUT2D eigenvalue weighted by molar-refractivity contribution is 0.949. The molecule has 88 valence electrons. The normalized spacial score (nSPS) is 10.2. The van der Waals surface area contributed by atoms with E-state index in [2.05, 4.69) is 27.2 Å². The van der Waals surface area contributed by atoms with E-state index in [1.165, 1.54) is 5.56 Å². The number of hydrogen-bond acceptors (Lipinski definition) is 4. The Kier molecular flexibility index (Phi) is 4.02. The summed E-state index contributed by atoms with van der Waals surface area (Å²) in [6.07, 6.45) is 9.01.